The molecule has 2 N–H and O–H groups in total. The molecule has 1 saturated carbocycles. The minimum Gasteiger partial charge on any atom is -0.366 e. The summed E-state index contributed by atoms with van der Waals surface area (Å²) in [5, 5.41) is 8.46. The number of fused-ring (bicyclic) bond motifs is 2. The van der Waals surface area contributed by atoms with Gasteiger partial charge < -0.3 is 10.6 Å². The predicted octanol–water partition coefficient (Wildman–Crippen LogP) is 4.82. The van der Waals surface area contributed by atoms with Crippen molar-refractivity contribution >= 4 is 28.1 Å². The Balaban J connectivity index is 1.39. The number of nitrogens with zero attached hydrogens (tertiary/aromatic N) is 2. The number of anilines is 2. The molecular weight excluding hydrogens is 346 g/mol. The Bertz CT molecular complexity index is 1050. The number of amidine groups is 1. The lowest BCUT2D eigenvalue weighted by molar-refractivity contribution is -0.0793. The number of rotatable bonds is 3. The smallest absolute Gasteiger partial charge is 0.252 e. The molecule has 0 bridgehead atoms. The maximum absolute atomic E-state index is 13.1. The molecule has 1 aliphatic carbocycles. The molecule has 2 heterocycles. The number of aromatic nitrogens is 1. The van der Waals surface area contributed by atoms with E-state index in [9.17, 15) is 8.78 Å². The molecule has 1 aromatic heterocycles. The molecule has 0 spiro atoms. The molecule has 1 fully saturated rings. The SMILES string of the molecule is FC1(F)CC(Nc2nccc3cc(NC4=NCc5ccccc54)ccc23)C1. The normalized spacial score (nSPS) is 17.9. The number of benzene rings is 2. The topological polar surface area (TPSA) is 49.3 Å². The van der Waals surface area contributed by atoms with Crippen LogP contribution in [0.5, 0.6) is 0 Å². The standard InChI is InChI=1S/C21H18F2N4/c22-21(23)10-16(11-21)27-19-18-6-5-15(9-13(18)7-8-24-19)26-20-17-4-2-1-3-14(17)12-25-20/h1-9,16H,10-12H2,(H,24,27)(H,25,26). The molecule has 0 radical (unpaired) electrons. The third-order valence-corrected chi connectivity index (χ3v) is 5.14. The van der Waals surface area contributed by atoms with Crippen LogP contribution in [0.1, 0.15) is 24.0 Å². The van der Waals surface area contributed by atoms with Gasteiger partial charge in [-0.15, -0.1) is 0 Å². The molecule has 2 aliphatic rings. The van der Waals surface area contributed by atoms with Crippen LogP contribution in [-0.2, 0) is 6.54 Å². The average Bonchev–Trinajstić information content (AvgIpc) is 3.03. The Labute approximate surface area is 155 Å². The molecule has 3 aromatic rings. The van der Waals surface area contributed by atoms with Gasteiger partial charge >= 0.3 is 0 Å². The van der Waals surface area contributed by atoms with Gasteiger partial charge in [0.15, 0.2) is 0 Å². The first-order valence-electron chi connectivity index (χ1n) is 9.00. The lowest BCUT2D eigenvalue weighted by Gasteiger charge is -2.35. The van der Waals surface area contributed by atoms with E-state index < -0.39 is 5.92 Å². The molecule has 0 unspecified atom stereocenters. The van der Waals surface area contributed by atoms with E-state index >= 15 is 0 Å². The van der Waals surface area contributed by atoms with Crippen molar-refractivity contribution in [2.24, 2.45) is 4.99 Å². The Morgan fingerprint density at radius 1 is 1.04 bits per heavy atom. The van der Waals surface area contributed by atoms with Gasteiger partial charge in [0.05, 0.1) is 6.54 Å². The first-order valence-corrected chi connectivity index (χ1v) is 9.00. The summed E-state index contributed by atoms with van der Waals surface area (Å²) in [6.07, 6.45) is 1.43. The minimum atomic E-state index is -2.54. The molecule has 0 saturated heterocycles. The van der Waals surface area contributed by atoms with Gasteiger partial charge in [0.2, 0.25) is 0 Å². The summed E-state index contributed by atoms with van der Waals surface area (Å²) in [5.41, 5.74) is 3.28. The van der Waals surface area contributed by atoms with Gasteiger partial charge in [-0.2, -0.15) is 0 Å². The minimum absolute atomic E-state index is 0.135. The molecule has 6 heteroatoms. The van der Waals surface area contributed by atoms with Crippen molar-refractivity contribution in [1.82, 2.24) is 4.98 Å². The maximum Gasteiger partial charge on any atom is 0.252 e. The molecule has 27 heavy (non-hydrogen) atoms. The summed E-state index contributed by atoms with van der Waals surface area (Å²) in [6.45, 7) is 0.691. The Hall–Kier alpha value is -3.02. The van der Waals surface area contributed by atoms with Crippen LogP contribution in [0.25, 0.3) is 10.8 Å². The second-order valence-corrected chi connectivity index (χ2v) is 7.15. The van der Waals surface area contributed by atoms with E-state index in [-0.39, 0.29) is 18.9 Å². The van der Waals surface area contributed by atoms with E-state index in [1.807, 2.05) is 36.4 Å². The molecule has 5 rings (SSSR count). The van der Waals surface area contributed by atoms with E-state index in [2.05, 4.69) is 32.7 Å². The van der Waals surface area contributed by atoms with Crippen molar-refractivity contribution in [1.29, 1.82) is 0 Å². The Kier molecular flexibility index (Phi) is 3.60. The zero-order valence-electron chi connectivity index (χ0n) is 14.5. The molecule has 0 amide bonds. The number of aliphatic imine (C=N–C) groups is 1. The van der Waals surface area contributed by atoms with Crippen LogP contribution in [0.3, 0.4) is 0 Å². The fourth-order valence-electron chi connectivity index (χ4n) is 3.71. The average molecular weight is 364 g/mol. The van der Waals surface area contributed by atoms with Crippen molar-refractivity contribution < 1.29 is 8.78 Å². The van der Waals surface area contributed by atoms with Crippen molar-refractivity contribution in [2.75, 3.05) is 10.6 Å². The number of halogens is 2. The molecular formula is C21H18F2N4. The third kappa shape index (κ3) is 3.01. The van der Waals surface area contributed by atoms with Gasteiger partial charge in [-0.3, -0.25) is 4.99 Å². The second-order valence-electron chi connectivity index (χ2n) is 7.15. The quantitative estimate of drug-likeness (QED) is 0.701. The highest BCUT2D eigenvalue weighted by molar-refractivity contribution is 6.11. The fourth-order valence-corrected chi connectivity index (χ4v) is 3.71. The predicted molar refractivity (Wildman–Crippen MR) is 104 cm³/mol. The van der Waals surface area contributed by atoms with Crippen LogP contribution >= 0.6 is 0 Å². The van der Waals surface area contributed by atoms with Gasteiger partial charge in [0, 0.05) is 41.7 Å². The summed E-state index contributed by atoms with van der Waals surface area (Å²) in [6, 6.07) is 15.8. The molecule has 1 aliphatic heterocycles. The number of hydrogen-bond acceptors (Lipinski definition) is 4. The van der Waals surface area contributed by atoms with Crippen molar-refractivity contribution in [3.63, 3.8) is 0 Å². The number of hydrogen-bond donors (Lipinski definition) is 2. The number of pyridine rings is 1. The van der Waals surface area contributed by atoms with Crippen LogP contribution in [0, 0.1) is 0 Å². The van der Waals surface area contributed by atoms with Gasteiger partial charge in [0.1, 0.15) is 11.7 Å². The van der Waals surface area contributed by atoms with E-state index in [1.165, 1.54) is 5.56 Å². The highest BCUT2D eigenvalue weighted by Gasteiger charge is 2.45. The molecule has 4 nitrogen and oxygen atoms in total. The first kappa shape index (κ1) is 16.2. The van der Waals surface area contributed by atoms with Crippen LogP contribution in [0.4, 0.5) is 20.3 Å². The van der Waals surface area contributed by atoms with E-state index in [4.69, 9.17) is 0 Å². The highest BCUT2D eigenvalue weighted by Crippen LogP contribution is 2.39. The van der Waals surface area contributed by atoms with Crippen LogP contribution in [0.2, 0.25) is 0 Å². The monoisotopic (exact) mass is 364 g/mol. The van der Waals surface area contributed by atoms with E-state index in [1.54, 1.807) is 6.20 Å². The van der Waals surface area contributed by atoms with Crippen LogP contribution < -0.4 is 10.6 Å². The lowest BCUT2D eigenvalue weighted by atomic mass is 9.88. The largest absolute Gasteiger partial charge is 0.366 e. The zero-order chi connectivity index (χ0) is 18.4. The van der Waals surface area contributed by atoms with Gasteiger partial charge in [0.25, 0.3) is 5.92 Å². The fraction of sp³-hybridized carbons (Fsp3) is 0.238. The Morgan fingerprint density at radius 2 is 1.89 bits per heavy atom. The van der Waals surface area contributed by atoms with Crippen molar-refractivity contribution in [2.45, 2.75) is 31.4 Å². The first-order chi connectivity index (χ1) is 13.1. The van der Waals surface area contributed by atoms with E-state index in [0.717, 1.165) is 27.9 Å². The van der Waals surface area contributed by atoms with Gasteiger partial charge in [-0.05, 0) is 35.2 Å². The summed E-state index contributed by atoms with van der Waals surface area (Å²) in [5.74, 6) is -1.02. The molecule has 2 aromatic carbocycles. The van der Waals surface area contributed by atoms with E-state index in [0.29, 0.717) is 12.4 Å². The number of nitrogens with one attached hydrogen (secondary N) is 2. The Morgan fingerprint density at radius 3 is 2.74 bits per heavy atom. The second kappa shape index (κ2) is 6.01. The molecule has 136 valence electrons. The van der Waals surface area contributed by atoms with Crippen molar-refractivity contribution in [3.05, 3.63) is 65.9 Å². The molecule has 0 atom stereocenters. The summed E-state index contributed by atoms with van der Waals surface area (Å²) >= 11 is 0. The van der Waals surface area contributed by atoms with Crippen molar-refractivity contribution in [3.8, 4) is 0 Å². The maximum atomic E-state index is 13.1. The lowest BCUT2D eigenvalue weighted by Crippen LogP contribution is -2.44. The summed E-state index contributed by atoms with van der Waals surface area (Å²) in [7, 11) is 0. The van der Waals surface area contributed by atoms with Gasteiger partial charge in [-0.1, -0.05) is 24.3 Å². The third-order valence-electron chi connectivity index (χ3n) is 5.14. The van der Waals surface area contributed by atoms with Gasteiger partial charge in [-0.25, -0.2) is 13.8 Å². The summed E-state index contributed by atoms with van der Waals surface area (Å²) < 4.78 is 26.2. The van der Waals surface area contributed by atoms with Crippen LogP contribution in [0.15, 0.2) is 59.7 Å². The summed E-state index contributed by atoms with van der Waals surface area (Å²) in [4.78, 5) is 8.92. The van der Waals surface area contributed by atoms with Crippen LogP contribution in [-0.4, -0.2) is 22.8 Å². The number of alkyl halides is 2. The highest BCUT2D eigenvalue weighted by atomic mass is 19.3. The zero-order valence-corrected chi connectivity index (χ0v) is 14.5.